The van der Waals surface area contributed by atoms with Crippen LogP contribution in [0.1, 0.15) is 10.4 Å². The average molecular weight is 345 g/mol. The number of carbonyl (C=O) groups excluding carboxylic acids is 1. The molecule has 104 valence electrons. The first-order valence-electron chi connectivity index (χ1n) is 5.39. The van der Waals surface area contributed by atoms with E-state index in [1.165, 1.54) is 12.1 Å². The van der Waals surface area contributed by atoms with Gasteiger partial charge in [0.25, 0.3) is 5.91 Å². The van der Waals surface area contributed by atoms with Crippen LogP contribution in [0, 0.1) is 17.5 Å². The quantitative estimate of drug-likeness (QED) is 0.816. The van der Waals surface area contributed by atoms with Crippen LogP contribution < -0.4 is 11.1 Å². The van der Waals surface area contributed by atoms with E-state index in [9.17, 15) is 18.0 Å². The number of rotatable bonds is 2. The van der Waals surface area contributed by atoms with E-state index in [1.807, 2.05) is 5.32 Å². The number of nitrogens with one attached hydrogen (secondary N) is 1. The first-order valence-corrected chi connectivity index (χ1v) is 6.18. The lowest BCUT2D eigenvalue weighted by atomic mass is 10.2. The van der Waals surface area contributed by atoms with E-state index < -0.39 is 29.0 Å². The average Bonchev–Trinajstić information content (AvgIpc) is 2.32. The summed E-state index contributed by atoms with van der Waals surface area (Å²) >= 11 is 3.15. The highest BCUT2D eigenvalue weighted by Crippen LogP contribution is 2.22. The first kappa shape index (κ1) is 14.4. The molecule has 0 radical (unpaired) electrons. The highest BCUT2D eigenvalue weighted by molar-refractivity contribution is 9.10. The van der Waals surface area contributed by atoms with Crippen molar-refractivity contribution in [2.24, 2.45) is 0 Å². The predicted octanol–water partition coefficient (Wildman–Crippen LogP) is 3.70. The minimum atomic E-state index is -1.20. The number of hydrogen-bond donors (Lipinski definition) is 2. The third-order valence-corrected chi connectivity index (χ3v) is 2.89. The summed E-state index contributed by atoms with van der Waals surface area (Å²) in [6.07, 6.45) is 0. The summed E-state index contributed by atoms with van der Waals surface area (Å²) in [6.45, 7) is 0. The van der Waals surface area contributed by atoms with Crippen molar-refractivity contribution in [1.82, 2.24) is 0 Å². The number of hydrogen-bond acceptors (Lipinski definition) is 2. The van der Waals surface area contributed by atoms with Gasteiger partial charge in [-0.25, -0.2) is 13.2 Å². The highest BCUT2D eigenvalue weighted by atomic mass is 79.9. The Hall–Kier alpha value is -2.02. The monoisotopic (exact) mass is 344 g/mol. The molecule has 0 saturated carbocycles. The minimum absolute atomic E-state index is 0.111. The molecule has 0 aromatic heterocycles. The molecule has 0 aliphatic heterocycles. The summed E-state index contributed by atoms with van der Waals surface area (Å²) < 4.78 is 40.1. The summed E-state index contributed by atoms with van der Waals surface area (Å²) in [6, 6.07) is 5.31. The lowest BCUT2D eigenvalue weighted by molar-refractivity contribution is 0.102. The van der Waals surface area contributed by atoms with E-state index in [4.69, 9.17) is 5.73 Å². The van der Waals surface area contributed by atoms with Gasteiger partial charge >= 0.3 is 0 Å². The highest BCUT2D eigenvalue weighted by Gasteiger charge is 2.16. The van der Waals surface area contributed by atoms with Crippen LogP contribution in [0.3, 0.4) is 0 Å². The molecule has 2 rings (SSSR count). The number of halogens is 4. The second kappa shape index (κ2) is 5.54. The van der Waals surface area contributed by atoms with Gasteiger partial charge in [-0.15, -0.1) is 0 Å². The van der Waals surface area contributed by atoms with E-state index in [0.29, 0.717) is 22.3 Å². The number of nitrogens with two attached hydrogens (primary N) is 1. The van der Waals surface area contributed by atoms with E-state index in [-0.39, 0.29) is 5.56 Å². The summed E-state index contributed by atoms with van der Waals surface area (Å²) in [5.41, 5.74) is 5.27. The maximum absolute atomic E-state index is 13.4. The fraction of sp³-hybridized carbons (Fsp3) is 0. The van der Waals surface area contributed by atoms with Crippen LogP contribution in [0.15, 0.2) is 34.8 Å². The van der Waals surface area contributed by atoms with Gasteiger partial charge in [0.15, 0.2) is 11.6 Å². The largest absolute Gasteiger partial charge is 0.399 e. The molecule has 0 atom stereocenters. The van der Waals surface area contributed by atoms with E-state index in [0.717, 1.165) is 0 Å². The van der Waals surface area contributed by atoms with Crippen LogP contribution >= 0.6 is 15.9 Å². The standard InChI is InChI=1S/C13H8BrF3N2O/c14-7-1-6(2-9(18)3-7)13(20)19-12-10(16)4-8(15)5-11(12)17/h1-5H,18H2,(H,19,20). The molecule has 0 spiro atoms. The van der Waals surface area contributed by atoms with Gasteiger partial charge in [-0.2, -0.15) is 0 Å². The molecule has 0 heterocycles. The molecule has 1 amide bonds. The third-order valence-electron chi connectivity index (χ3n) is 2.43. The minimum Gasteiger partial charge on any atom is -0.399 e. The fourth-order valence-electron chi connectivity index (χ4n) is 1.59. The van der Waals surface area contributed by atoms with E-state index in [2.05, 4.69) is 15.9 Å². The zero-order valence-corrected chi connectivity index (χ0v) is 11.5. The van der Waals surface area contributed by atoms with Crippen LogP contribution in [0.2, 0.25) is 0 Å². The van der Waals surface area contributed by atoms with E-state index >= 15 is 0 Å². The zero-order valence-electron chi connectivity index (χ0n) is 9.88. The van der Waals surface area contributed by atoms with Gasteiger partial charge in [0.05, 0.1) is 0 Å². The van der Waals surface area contributed by atoms with Crippen LogP contribution in [0.5, 0.6) is 0 Å². The summed E-state index contributed by atoms with van der Waals surface area (Å²) in [5, 5.41) is 2.04. The van der Waals surface area contributed by atoms with Crippen molar-refractivity contribution in [2.75, 3.05) is 11.1 Å². The molecule has 20 heavy (non-hydrogen) atoms. The molecule has 7 heteroatoms. The third kappa shape index (κ3) is 3.11. The maximum atomic E-state index is 13.4. The van der Waals surface area contributed by atoms with Gasteiger partial charge < -0.3 is 11.1 Å². The molecule has 2 aromatic carbocycles. The Bertz CT molecular complexity index is 648. The zero-order chi connectivity index (χ0) is 14.9. The van der Waals surface area contributed by atoms with Gasteiger partial charge in [0, 0.05) is 27.9 Å². The summed E-state index contributed by atoms with van der Waals surface area (Å²) in [5.74, 6) is -4.22. The number of amides is 1. The smallest absolute Gasteiger partial charge is 0.255 e. The van der Waals surface area contributed by atoms with Gasteiger partial charge in [-0.1, -0.05) is 15.9 Å². The Morgan fingerprint density at radius 1 is 1.05 bits per heavy atom. The molecule has 0 unspecified atom stereocenters. The van der Waals surface area contributed by atoms with Crippen molar-refractivity contribution in [3.63, 3.8) is 0 Å². The molecule has 0 saturated heterocycles. The lowest BCUT2D eigenvalue weighted by Crippen LogP contribution is -2.15. The molecular formula is C13H8BrF3N2O. The number of carbonyl (C=O) groups is 1. The van der Waals surface area contributed by atoms with Crippen molar-refractivity contribution in [2.45, 2.75) is 0 Å². The topological polar surface area (TPSA) is 55.1 Å². The summed E-state index contributed by atoms with van der Waals surface area (Å²) in [7, 11) is 0. The number of anilines is 2. The SMILES string of the molecule is Nc1cc(Br)cc(C(=O)Nc2c(F)cc(F)cc2F)c1. The Morgan fingerprint density at radius 3 is 2.20 bits per heavy atom. The number of nitrogen functional groups attached to an aromatic ring is 1. The molecule has 3 nitrogen and oxygen atoms in total. The second-order valence-electron chi connectivity index (χ2n) is 3.97. The molecule has 0 fully saturated rings. The van der Waals surface area contributed by atoms with Gasteiger partial charge in [-0.05, 0) is 18.2 Å². The van der Waals surface area contributed by atoms with Crippen molar-refractivity contribution < 1.29 is 18.0 Å². The molecule has 0 aliphatic rings. The van der Waals surface area contributed by atoms with Crippen molar-refractivity contribution in [3.8, 4) is 0 Å². The Labute approximate surface area is 120 Å². The van der Waals surface area contributed by atoms with Crippen molar-refractivity contribution in [3.05, 3.63) is 57.8 Å². The first-order chi connectivity index (χ1) is 9.36. The molecule has 0 aliphatic carbocycles. The van der Waals surface area contributed by atoms with Gasteiger partial charge in [0.1, 0.15) is 11.5 Å². The Balaban J connectivity index is 2.32. The van der Waals surface area contributed by atoms with Crippen LogP contribution in [-0.2, 0) is 0 Å². The van der Waals surface area contributed by atoms with Gasteiger partial charge in [0.2, 0.25) is 0 Å². The summed E-state index contributed by atoms with van der Waals surface area (Å²) in [4.78, 5) is 11.9. The second-order valence-corrected chi connectivity index (χ2v) is 4.89. The Kier molecular flexibility index (Phi) is 3.99. The van der Waals surface area contributed by atoms with Gasteiger partial charge in [-0.3, -0.25) is 4.79 Å². The molecular weight excluding hydrogens is 337 g/mol. The number of benzene rings is 2. The van der Waals surface area contributed by atoms with Crippen LogP contribution in [0.25, 0.3) is 0 Å². The van der Waals surface area contributed by atoms with Crippen molar-refractivity contribution >= 4 is 33.2 Å². The van der Waals surface area contributed by atoms with Crippen LogP contribution in [0.4, 0.5) is 24.5 Å². The molecule has 2 aromatic rings. The fourth-order valence-corrected chi connectivity index (χ4v) is 2.10. The maximum Gasteiger partial charge on any atom is 0.255 e. The molecule has 3 N–H and O–H groups in total. The normalized spacial score (nSPS) is 10.4. The van der Waals surface area contributed by atoms with Crippen LogP contribution in [-0.4, -0.2) is 5.91 Å². The molecule has 0 bridgehead atoms. The van der Waals surface area contributed by atoms with E-state index in [1.54, 1.807) is 6.07 Å². The van der Waals surface area contributed by atoms with Crippen molar-refractivity contribution in [1.29, 1.82) is 0 Å². The lowest BCUT2D eigenvalue weighted by Gasteiger charge is -2.08. The predicted molar refractivity (Wildman–Crippen MR) is 72.8 cm³/mol. The Morgan fingerprint density at radius 2 is 1.65 bits per heavy atom.